The number of nitrogens with zero attached hydrogens (tertiary/aromatic N) is 4. The zero-order valence-electron chi connectivity index (χ0n) is 20.8. The minimum atomic E-state index is -2.98. The summed E-state index contributed by atoms with van der Waals surface area (Å²) in [6.07, 6.45) is -0.780. The molecule has 2 amide bonds. The van der Waals surface area contributed by atoms with E-state index in [0.717, 1.165) is 10.5 Å². The smallest absolute Gasteiger partial charge is 0.410 e. The van der Waals surface area contributed by atoms with Gasteiger partial charge >= 0.3 is 12.2 Å². The second-order valence-electron chi connectivity index (χ2n) is 10.6. The first-order chi connectivity index (χ1) is 16.5. The van der Waals surface area contributed by atoms with Gasteiger partial charge in [0, 0.05) is 51.9 Å². The van der Waals surface area contributed by atoms with E-state index in [1.165, 1.54) is 0 Å². The molecule has 3 fully saturated rings. The number of benzene rings is 1. The topological polar surface area (TPSA) is 65.6 Å². The average Bonchev–Trinajstić information content (AvgIpc) is 2.77. The number of rotatable bonds is 4. The molecular formula is C25H36F2N4O4. The number of piperazine rings is 1. The average molecular weight is 495 g/mol. The lowest BCUT2D eigenvalue weighted by Gasteiger charge is -2.53. The molecule has 1 unspecified atom stereocenters. The minimum Gasteiger partial charge on any atom is -0.445 e. The number of halogens is 2. The fourth-order valence-corrected chi connectivity index (χ4v) is 4.91. The molecule has 3 aliphatic heterocycles. The van der Waals surface area contributed by atoms with Crippen molar-refractivity contribution in [2.45, 2.75) is 57.4 Å². The van der Waals surface area contributed by atoms with Gasteiger partial charge < -0.3 is 19.3 Å². The van der Waals surface area contributed by atoms with Crippen LogP contribution in [0.15, 0.2) is 30.3 Å². The van der Waals surface area contributed by atoms with Crippen LogP contribution in [0.3, 0.4) is 0 Å². The van der Waals surface area contributed by atoms with E-state index in [-0.39, 0.29) is 31.7 Å². The normalized spacial score (nSPS) is 24.1. The Morgan fingerprint density at radius 1 is 0.943 bits per heavy atom. The maximum Gasteiger partial charge on any atom is 0.410 e. The van der Waals surface area contributed by atoms with Gasteiger partial charge in [-0.1, -0.05) is 30.3 Å². The molecule has 0 spiro atoms. The summed E-state index contributed by atoms with van der Waals surface area (Å²) in [6, 6.07) is 8.90. The Kier molecular flexibility index (Phi) is 7.51. The van der Waals surface area contributed by atoms with Crippen LogP contribution in [0.25, 0.3) is 0 Å². The van der Waals surface area contributed by atoms with Gasteiger partial charge in [-0.15, -0.1) is 0 Å². The highest BCUT2D eigenvalue weighted by Crippen LogP contribution is 2.35. The third kappa shape index (κ3) is 6.41. The zero-order chi connectivity index (χ0) is 25.2. The van der Waals surface area contributed by atoms with Crippen LogP contribution in [0.4, 0.5) is 18.4 Å². The summed E-state index contributed by atoms with van der Waals surface area (Å²) in [4.78, 5) is 31.5. The van der Waals surface area contributed by atoms with Gasteiger partial charge in [0.2, 0.25) is 0 Å². The number of carbonyl (C=O) groups excluding carboxylic acids is 2. The molecule has 0 N–H and O–H groups in total. The first-order valence-electron chi connectivity index (χ1n) is 12.3. The molecule has 3 aliphatic rings. The number of carbonyl (C=O) groups is 2. The third-order valence-corrected chi connectivity index (χ3v) is 6.84. The highest BCUT2D eigenvalue weighted by atomic mass is 19.3. The lowest BCUT2D eigenvalue weighted by Crippen LogP contribution is -2.70. The largest absolute Gasteiger partial charge is 0.445 e. The van der Waals surface area contributed by atoms with Crippen LogP contribution in [-0.4, -0.2) is 108 Å². The molecule has 1 aromatic carbocycles. The first kappa shape index (κ1) is 25.6. The van der Waals surface area contributed by atoms with E-state index in [1.807, 2.05) is 35.2 Å². The number of likely N-dealkylation sites (tertiary alicyclic amines) is 2. The van der Waals surface area contributed by atoms with Crippen molar-refractivity contribution in [1.29, 1.82) is 0 Å². The summed E-state index contributed by atoms with van der Waals surface area (Å²) in [6.45, 7) is 8.75. The highest BCUT2D eigenvalue weighted by Gasteiger charge is 2.52. The van der Waals surface area contributed by atoms with Crippen molar-refractivity contribution in [3.05, 3.63) is 35.9 Å². The Hall–Kier alpha value is -2.46. The number of alkyl halides is 2. The molecule has 0 saturated carbocycles. The third-order valence-electron chi connectivity index (χ3n) is 6.84. The summed E-state index contributed by atoms with van der Waals surface area (Å²) in [7, 11) is 0. The molecule has 35 heavy (non-hydrogen) atoms. The molecular weight excluding hydrogens is 458 g/mol. The predicted molar refractivity (Wildman–Crippen MR) is 126 cm³/mol. The van der Waals surface area contributed by atoms with Gasteiger partial charge in [0.25, 0.3) is 5.92 Å². The Labute approximate surface area is 205 Å². The lowest BCUT2D eigenvalue weighted by atomic mass is 9.93. The Bertz CT molecular complexity index is 881. The SMILES string of the molecule is CC(C)(C)OC(=O)N1CCC(N2CC(N3CCN(C(=O)OCc4ccccc4)CC3)C2)C(F)(F)C1. The van der Waals surface area contributed by atoms with Crippen LogP contribution in [0.1, 0.15) is 32.8 Å². The number of ether oxygens (including phenoxy) is 2. The number of amides is 2. The second kappa shape index (κ2) is 10.3. The van der Waals surface area contributed by atoms with E-state index >= 15 is 0 Å². The van der Waals surface area contributed by atoms with E-state index in [4.69, 9.17) is 9.47 Å². The maximum absolute atomic E-state index is 14.9. The van der Waals surface area contributed by atoms with Crippen molar-refractivity contribution in [1.82, 2.24) is 19.6 Å². The minimum absolute atomic E-state index is 0.206. The van der Waals surface area contributed by atoms with Crippen molar-refractivity contribution in [3.8, 4) is 0 Å². The molecule has 3 heterocycles. The summed E-state index contributed by atoms with van der Waals surface area (Å²) < 4.78 is 40.5. The molecule has 10 heteroatoms. The molecule has 4 rings (SSSR count). The number of hydrogen-bond donors (Lipinski definition) is 0. The molecule has 1 aromatic rings. The fourth-order valence-electron chi connectivity index (χ4n) is 4.91. The first-order valence-corrected chi connectivity index (χ1v) is 12.3. The van der Waals surface area contributed by atoms with Crippen molar-refractivity contribution >= 4 is 12.2 Å². The lowest BCUT2D eigenvalue weighted by molar-refractivity contribution is -0.151. The van der Waals surface area contributed by atoms with Crippen LogP contribution < -0.4 is 0 Å². The van der Waals surface area contributed by atoms with Gasteiger partial charge in [-0.3, -0.25) is 9.80 Å². The molecule has 0 aromatic heterocycles. The van der Waals surface area contributed by atoms with Gasteiger partial charge in [-0.05, 0) is 32.8 Å². The van der Waals surface area contributed by atoms with E-state index < -0.39 is 30.2 Å². The van der Waals surface area contributed by atoms with Crippen LogP contribution >= 0.6 is 0 Å². The zero-order valence-corrected chi connectivity index (χ0v) is 20.8. The van der Waals surface area contributed by atoms with E-state index in [0.29, 0.717) is 39.3 Å². The monoisotopic (exact) mass is 494 g/mol. The summed E-state index contributed by atoms with van der Waals surface area (Å²) in [5, 5.41) is 0. The van der Waals surface area contributed by atoms with Crippen molar-refractivity contribution in [3.63, 3.8) is 0 Å². The van der Waals surface area contributed by atoms with Crippen molar-refractivity contribution in [2.75, 3.05) is 52.4 Å². The Balaban J connectivity index is 1.18. The summed E-state index contributed by atoms with van der Waals surface area (Å²) in [5.74, 6) is -2.98. The quantitative estimate of drug-likeness (QED) is 0.640. The standard InChI is InChI=1S/C25H36F2N4O4/c1-24(2,3)35-23(33)30-10-9-21(25(26,27)18-30)31-15-20(16-31)28-11-13-29(14-12-28)22(32)34-17-19-7-5-4-6-8-19/h4-8,20-21H,9-18H2,1-3H3. The van der Waals surface area contributed by atoms with Crippen LogP contribution in [0.5, 0.6) is 0 Å². The van der Waals surface area contributed by atoms with Crippen molar-refractivity contribution in [2.24, 2.45) is 0 Å². The molecule has 194 valence electrons. The molecule has 8 nitrogen and oxygen atoms in total. The van der Waals surface area contributed by atoms with E-state index in [2.05, 4.69) is 4.90 Å². The van der Waals surface area contributed by atoms with E-state index in [9.17, 15) is 18.4 Å². The van der Waals surface area contributed by atoms with Gasteiger partial charge in [-0.2, -0.15) is 0 Å². The summed E-state index contributed by atoms with van der Waals surface area (Å²) >= 11 is 0. The molecule has 0 bridgehead atoms. The van der Waals surface area contributed by atoms with Crippen LogP contribution in [0.2, 0.25) is 0 Å². The highest BCUT2D eigenvalue weighted by molar-refractivity contribution is 5.68. The number of piperidine rings is 1. The molecule has 0 aliphatic carbocycles. The molecule has 3 saturated heterocycles. The van der Waals surface area contributed by atoms with Gasteiger partial charge in [0.05, 0.1) is 12.6 Å². The van der Waals surface area contributed by atoms with Gasteiger partial charge in [-0.25, -0.2) is 18.4 Å². The van der Waals surface area contributed by atoms with Crippen LogP contribution in [-0.2, 0) is 16.1 Å². The van der Waals surface area contributed by atoms with Gasteiger partial charge in [0.1, 0.15) is 12.2 Å². The number of hydrogen-bond acceptors (Lipinski definition) is 6. The molecule has 0 radical (unpaired) electrons. The predicted octanol–water partition coefficient (Wildman–Crippen LogP) is 3.27. The maximum atomic E-state index is 14.9. The van der Waals surface area contributed by atoms with Gasteiger partial charge in [0.15, 0.2) is 0 Å². The van der Waals surface area contributed by atoms with Crippen LogP contribution in [0, 0.1) is 0 Å². The fraction of sp³-hybridized carbons (Fsp3) is 0.680. The molecule has 1 atom stereocenters. The Morgan fingerprint density at radius 2 is 1.60 bits per heavy atom. The summed E-state index contributed by atoms with van der Waals surface area (Å²) in [5.41, 5.74) is 0.235. The van der Waals surface area contributed by atoms with Crippen molar-refractivity contribution < 1.29 is 27.8 Å². The Morgan fingerprint density at radius 3 is 2.20 bits per heavy atom. The second-order valence-corrected chi connectivity index (χ2v) is 10.6. The van der Waals surface area contributed by atoms with E-state index in [1.54, 1.807) is 25.7 Å².